The van der Waals surface area contributed by atoms with Crippen LogP contribution in [0.4, 0.5) is 13.2 Å². The van der Waals surface area contributed by atoms with Gasteiger partial charge in [0.2, 0.25) is 70.9 Å². The van der Waals surface area contributed by atoms with Crippen molar-refractivity contribution < 1.29 is 75.4 Å². The second kappa shape index (κ2) is 34.6. The summed E-state index contributed by atoms with van der Waals surface area (Å²) in [5.41, 5.74) is -1.57. The smallest absolute Gasteiger partial charge is 0.376 e. The van der Waals surface area contributed by atoms with Gasteiger partial charge in [-0.05, 0) is 140 Å². The number of rotatable bonds is 12. The fourth-order valence-corrected chi connectivity index (χ4v) is 16.0. The summed E-state index contributed by atoms with van der Waals surface area (Å²) in [6, 6.07) is -11.2. The largest absolute Gasteiger partial charge is 0.393 e. The van der Waals surface area contributed by atoms with Crippen LogP contribution in [0.25, 0.3) is 0 Å². The van der Waals surface area contributed by atoms with Crippen LogP contribution in [-0.4, -0.2) is 274 Å². The maximum Gasteiger partial charge on any atom is 0.393 e. The van der Waals surface area contributed by atoms with Crippen molar-refractivity contribution in [1.82, 2.24) is 60.0 Å². The van der Waals surface area contributed by atoms with Gasteiger partial charge in [0.15, 0.2) is 0 Å². The van der Waals surface area contributed by atoms with Gasteiger partial charge in [-0.25, -0.2) is 0 Å². The number of fused-ring (bicyclic) bond motifs is 2. The number of likely N-dealkylation sites (N-methyl/N-ethyl adjacent to an activating group) is 6. The third-order valence-electron chi connectivity index (χ3n) is 22.5. The molecule has 7 aliphatic rings. The van der Waals surface area contributed by atoms with Gasteiger partial charge < -0.3 is 64.8 Å². The highest BCUT2D eigenvalue weighted by Crippen LogP contribution is 2.44. The zero-order valence-electron chi connectivity index (χ0n) is 60.7. The summed E-state index contributed by atoms with van der Waals surface area (Å²) in [5, 5.41) is 7.53. The summed E-state index contributed by atoms with van der Waals surface area (Å²) in [6.45, 7) is 12.3. The fourth-order valence-electron chi connectivity index (χ4n) is 15.4. The van der Waals surface area contributed by atoms with Crippen LogP contribution >= 0.6 is 11.6 Å². The number of amides is 12. The maximum absolute atomic E-state index is 15.4. The quantitative estimate of drug-likeness (QED) is 0.224. The van der Waals surface area contributed by atoms with Crippen LogP contribution in [0.15, 0.2) is 0 Å². The van der Waals surface area contributed by atoms with Crippen molar-refractivity contribution in [3.05, 3.63) is 0 Å². The van der Waals surface area contributed by atoms with Crippen LogP contribution in [0.2, 0.25) is 0 Å². The number of ether oxygens (including phenoxy) is 1. The molecule has 0 bridgehead atoms. The number of carbonyl (C=O) groups is 12. The first-order valence-corrected chi connectivity index (χ1v) is 36.7. The molecule has 4 saturated heterocycles. The summed E-state index contributed by atoms with van der Waals surface area (Å²) in [7, 11) is 8.47. The van der Waals surface area contributed by atoms with E-state index in [0.717, 1.165) is 17.7 Å². The number of hydrogen-bond donors (Lipinski definition) is 3. The molecule has 558 valence electrons. The minimum absolute atomic E-state index is 0.0109. The van der Waals surface area contributed by atoms with Gasteiger partial charge in [0.25, 0.3) is 0 Å². The third kappa shape index (κ3) is 18.9. The van der Waals surface area contributed by atoms with Crippen LogP contribution < -0.4 is 16.0 Å². The summed E-state index contributed by atoms with van der Waals surface area (Å²) in [5.74, 6) is -11.2. The Morgan fingerprint density at radius 3 is 1.85 bits per heavy atom. The summed E-state index contributed by atoms with van der Waals surface area (Å²) in [4.78, 5) is 191. The minimum atomic E-state index is -4.51. The van der Waals surface area contributed by atoms with Gasteiger partial charge in [-0.1, -0.05) is 60.8 Å². The molecule has 3 N–H and O–H groups in total. The Labute approximate surface area is 587 Å². The Bertz CT molecular complexity index is 2930. The van der Waals surface area contributed by atoms with Gasteiger partial charge in [-0.3, -0.25) is 57.5 Å². The van der Waals surface area contributed by atoms with Crippen LogP contribution in [0.5, 0.6) is 0 Å². The molecular weight excluding hydrogens is 1310 g/mol. The predicted octanol–water partition coefficient (Wildman–Crippen LogP) is 4.69. The SMILES string of the molecule is CC[C@H](C)[C@@H]1NC(=O)[C@H](CC(C)C)N(C)C(=O)C[C@@H](C(=O)N2CCCCC2)N(C)C(=O)[C@H](C(C)C)N(C)C(=O)C2(CCCC2)NC(=O)[C@@H]2CCCN2C(=O)[C@H](CCC2CCC(C(F)(F)F)C(Cl)C2)NC(=O)CN(C)C(=O)[C@H](COC2CCC2)N(C)C(=O)[C@@H]2CCN2C(=O)[C@H](C)N(C)C1=O. The second-order valence-corrected chi connectivity index (χ2v) is 30.8. The van der Waals surface area contributed by atoms with Crippen LogP contribution in [0, 0.1) is 29.6 Å². The number of piperidine rings is 1. The lowest BCUT2D eigenvalue weighted by atomic mass is 9.78. The molecule has 3 unspecified atom stereocenters. The highest BCUT2D eigenvalue weighted by molar-refractivity contribution is 6.21. The van der Waals surface area contributed by atoms with Crippen molar-refractivity contribution in [3.8, 4) is 0 Å². The van der Waals surface area contributed by atoms with Crippen molar-refractivity contribution >= 4 is 82.5 Å². The molecule has 4 heterocycles. The molecule has 1 spiro atoms. The number of hydrogen-bond acceptors (Lipinski definition) is 13. The Morgan fingerprint density at radius 2 is 1.28 bits per heavy atom. The zero-order valence-corrected chi connectivity index (χ0v) is 61.4. The molecule has 4 aliphatic heterocycles. The van der Waals surface area contributed by atoms with E-state index in [1.807, 2.05) is 20.8 Å². The minimum Gasteiger partial charge on any atom is -0.376 e. The molecule has 0 aromatic rings. The van der Waals surface area contributed by atoms with Crippen LogP contribution in [0.3, 0.4) is 0 Å². The normalized spacial score (nSPS) is 30.9. The lowest BCUT2D eigenvalue weighted by Crippen LogP contribution is -2.65. The van der Waals surface area contributed by atoms with E-state index < -0.39 is 173 Å². The van der Waals surface area contributed by atoms with Gasteiger partial charge in [-0.2, -0.15) is 13.2 Å². The zero-order chi connectivity index (χ0) is 73.3. The lowest BCUT2D eigenvalue weighted by molar-refractivity contribution is -0.182. The van der Waals surface area contributed by atoms with Crippen LogP contribution in [0.1, 0.15) is 183 Å². The number of carbonyl (C=O) groups excluding carboxylic acids is 12. The van der Waals surface area contributed by atoms with Crippen molar-refractivity contribution in [1.29, 1.82) is 0 Å². The average molecular weight is 1420 g/mol. The van der Waals surface area contributed by atoms with Gasteiger partial charge in [0.1, 0.15) is 59.9 Å². The van der Waals surface area contributed by atoms with E-state index in [-0.39, 0.29) is 102 Å². The van der Waals surface area contributed by atoms with Gasteiger partial charge >= 0.3 is 6.18 Å². The summed E-state index contributed by atoms with van der Waals surface area (Å²) < 4.78 is 48.1. The second-order valence-electron chi connectivity index (χ2n) is 30.2. The number of nitrogens with zero attached hydrogens (tertiary/aromatic N) is 9. The molecule has 29 heteroatoms. The van der Waals surface area contributed by atoms with Crippen molar-refractivity contribution in [2.75, 3.05) is 81.6 Å². The lowest BCUT2D eigenvalue weighted by Gasteiger charge is -2.45. The van der Waals surface area contributed by atoms with E-state index in [1.165, 1.54) is 83.5 Å². The molecule has 12 amide bonds. The molecule has 7 rings (SSSR count). The molecule has 7 fully saturated rings. The summed E-state index contributed by atoms with van der Waals surface area (Å²) in [6.07, 6.45) is 1.82. The number of alkyl halides is 4. The first kappa shape index (κ1) is 80.0. The summed E-state index contributed by atoms with van der Waals surface area (Å²) >= 11 is 6.39. The maximum atomic E-state index is 15.4. The van der Waals surface area contributed by atoms with E-state index in [2.05, 4.69) is 16.0 Å². The van der Waals surface area contributed by atoms with Crippen molar-refractivity contribution in [3.63, 3.8) is 0 Å². The highest BCUT2D eigenvalue weighted by Gasteiger charge is 2.52. The van der Waals surface area contributed by atoms with Gasteiger partial charge in [0.05, 0.1) is 31.6 Å². The highest BCUT2D eigenvalue weighted by atomic mass is 35.5. The van der Waals surface area contributed by atoms with E-state index in [0.29, 0.717) is 64.5 Å². The van der Waals surface area contributed by atoms with Crippen LogP contribution in [-0.2, 0) is 62.3 Å². The first-order chi connectivity index (χ1) is 46.5. The molecule has 13 atom stereocenters. The molecule has 0 aromatic carbocycles. The Balaban J connectivity index is 1.26. The topological polar surface area (TPSA) is 279 Å². The molecular formula is C70H112ClF3N12O13. The number of likely N-dealkylation sites (tertiary alicyclic amines) is 1. The molecule has 3 aliphatic carbocycles. The molecule has 99 heavy (non-hydrogen) atoms. The molecule has 0 radical (unpaired) electrons. The standard InChI is InChI=1S/C70H112ClF3N12O13/c1-14-43(6)57-66(96)79(9)44(7)61(91)86-35-29-51(86)64(94)82(12)54(40-99-46-22-20-23-46)63(93)78(8)39-55(87)75-49(28-26-45-25-27-47(48(71)37-45)70(72,73)74)62(92)85-34-21-24-50(85)60(90)77-69(30-16-17-31-69)68(98)83(13)58(42(4)5)67(97)81(11)53(65(95)84-32-18-15-19-33-84)38-56(88)80(10)52(36-41(2)3)59(89)76-57/h41-54,57-58H,14-40H2,1-13H3,(H,75,87)(H,76,89)(H,77,90)/t43-,44-,45?,47?,48?,49-,50-,51-,52-,53-,54-,57-,58-/m0/s1. The monoisotopic (exact) mass is 1420 g/mol. The van der Waals surface area contributed by atoms with E-state index in [4.69, 9.17) is 16.3 Å². The molecule has 25 nitrogen and oxygen atoms in total. The first-order valence-electron chi connectivity index (χ1n) is 36.3. The molecule has 3 saturated carbocycles. The van der Waals surface area contributed by atoms with Gasteiger partial charge in [0, 0.05) is 73.8 Å². The Hall–Kier alpha value is -6.32. The van der Waals surface area contributed by atoms with E-state index in [1.54, 1.807) is 25.7 Å². The van der Waals surface area contributed by atoms with Gasteiger partial charge in [-0.15, -0.1) is 11.6 Å². The fraction of sp³-hybridized carbons (Fsp3) is 0.829. The Kier molecular flexibility index (Phi) is 27.9. The Morgan fingerprint density at radius 1 is 0.636 bits per heavy atom. The van der Waals surface area contributed by atoms with Crippen molar-refractivity contribution in [2.24, 2.45) is 29.6 Å². The van der Waals surface area contributed by atoms with E-state index >= 15 is 24.0 Å². The predicted molar refractivity (Wildman–Crippen MR) is 362 cm³/mol. The third-order valence-corrected chi connectivity index (χ3v) is 23.0. The van der Waals surface area contributed by atoms with E-state index in [9.17, 15) is 46.7 Å². The number of halogens is 4. The number of nitrogens with one attached hydrogen (secondary N) is 3. The average Bonchev–Trinajstić information content (AvgIpc) is 1.31. The van der Waals surface area contributed by atoms with Crippen molar-refractivity contribution in [2.45, 2.75) is 261 Å². The molecule has 0 aromatic heterocycles.